The fourth-order valence-electron chi connectivity index (χ4n) is 12.8. The Kier molecular flexibility index (Phi) is 7.49. The predicted molar refractivity (Wildman–Crippen MR) is 281 cm³/mol. The van der Waals surface area contributed by atoms with Crippen LogP contribution < -0.4 is 32.8 Å². The van der Waals surface area contributed by atoms with Crippen LogP contribution in [0.15, 0.2) is 182 Å². The Bertz CT molecular complexity index is 3550. The van der Waals surface area contributed by atoms with Crippen LogP contribution in [0.4, 0.5) is 0 Å². The smallest absolute Gasteiger partial charge is 0.0657 e. The van der Waals surface area contributed by atoms with Crippen molar-refractivity contribution in [1.29, 1.82) is 0 Å². The fraction of sp³-hybridized carbons (Fsp3) is 0.0968. The SMILES string of the molecule is CC(C)c1cc(B2c3ccc4ccccc4c3-c3c2ccc2ccccc32)c2ccc3c(C(C)C)cc(B4c5ccc6ccccc6c5-c5c4ccc4ccccc54)c4ccc1c2c43. The molecule has 14 rings (SSSR count). The van der Waals surface area contributed by atoms with Crippen molar-refractivity contribution in [2.75, 3.05) is 0 Å². The maximum absolute atomic E-state index is 2.60. The van der Waals surface area contributed by atoms with Crippen LogP contribution in [0.25, 0.3) is 97.7 Å². The average molecular weight is 811 g/mol. The minimum atomic E-state index is 0.0977. The van der Waals surface area contributed by atoms with Gasteiger partial charge in [-0.15, -0.1) is 0 Å². The van der Waals surface area contributed by atoms with E-state index in [2.05, 4.69) is 210 Å². The molecule has 0 saturated carbocycles. The molecular weight excluding hydrogens is 766 g/mol. The number of benzene rings is 12. The van der Waals surface area contributed by atoms with Gasteiger partial charge in [0, 0.05) is 0 Å². The molecule has 2 aliphatic heterocycles. The minimum absolute atomic E-state index is 0.0977. The highest BCUT2D eigenvalue weighted by Crippen LogP contribution is 2.43. The van der Waals surface area contributed by atoms with Crippen molar-refractivity contribution in [1.82, 2.24) is 0 Å². The quantitative estimate of drug-likeness (QED) is 0.123. The molecule has 0 aromatic heterocycles. The molecule has 64 heavy (non-hydrogen) atoms. The second kappa shape index (κ2) is 13.2. The molecule has 12 aromatic rings. The Morgan fingerprint density at radius 3 is 0.844 bits per heavy atom. The predicted octanol–water partition coefficient (Wildman–Crippen LogP) is 12.4. The molecule has 0 unspecified atom stereocenters. The Hall–Kier alpha value is -7.15. The number of rotatable bonds is 4. The molecule has 0 nitrogen and oxygen atoms in total. The summed E-state index contributed by atoms with van der Waals surface area (Å²) in [6, 6.07) is 70.4. The van der Waals surface area contributed by atoms with Gasteiger partial charge < -0.3 is 0 Å². The average Bonchev–Trinajstić information content (AvgIpc) is 3.87. The van der Waals surface area contributed by atoms with E-state index >= 15 is 0 Å². The van der Waals surface area contributed by atoms with Crippen molar-refractivity contribution >= 4 is 122 Å². The first-order chi connectivity index (χ1) is 31.4. The third-order valence-electron chi connectivity index (χ3n) is 15.5. The molecule has 0 saturated heterocycles. The van der Waals surface area contributed by atoms with E-state index in [0.717, 1.165) is 0 Å². The lowest BCUT2D eigenvalue weighted by Crippen LogP contribution is -2.50. The molecule has 0 N–H and O–H groups in total. The zero-order chi connectivity index (χ0) is 42.5. The molecule has 2 aliphatic rings. The summed E-state index contributed by atoms with van der Waals surface area (Å²) >= 11 is 0. The Morgan fingerprint density at radius 1 is 0.266 bits per heavy atom. The summed E-state index contributed by atoms with van der Waals surface area (Å²) in [4.78, 5) is 0. The highest BCUT2D eigenvalue weighted by Gasteiger charge is 2.40. The van der Waals surface area contributed by atoms with E-state index in [9.17, 15) is 0 Å². The van der Waals surface area contributed by atoms with Crippen molar-refractivity contribution in [2.45, 2.75) is 39.5 Å². The number of hydrogen-bond acceptors (Lipinski definition) is 0. The van der Waals surface area contributed by atoms with E-state index in [-0.39, 0.29) is 13.4 Å². The molecule has 298 valence electrons. The van der Waals surface area contributed by atoms with Crippen LogP contribution in [0.2, 0.25) is 0 Å². The number of hydrogen-bond donors (Lipinski definition) is 0. The van der Waals surface area contributed by atoms with E-state index in [4.69, 9.17) is 0 Å². The van der Waals surface area contributed by atoms with E-state index < -0.39 is 0 Å². The Morgan fingerprint density at radius 2 is 0.547 bits per heavy atom. The molecule has 0 radical (unpaired) electrons. The Balaban J connectivity index is 1.11. The first-order valence-electron chi connectivity index (χ1n) is 23.3. The summed E-state index contributed by atoms with van der Waals surface area (Å²) in [6.45, 7) is 9.75. The molecule has 0 spiro atoms. The third-order valence-corrected chi connectivity index (χ3v) is 15.5. The van der Waals surface area contributed by atoms with Gasteiger partial charge in [-0.25, -0.2) is 0 Å². The van der Waals surface area contributed by atoms with Crippen LogP contribution in [0.3, 0.4) is 0 Å². The van der Waals surface area contributed by atoms with Crippen LogP contribution in [-0.4, -0.2) is 13.4 Å². The van der Waals surface area contributed by atoms with Crippen LogP contribution in [0.1, 0.15) is 50.7 Å². The molecule has 0 amide bonds. The lowest BCUT2D eigenvalue weighted by Gasteiger charge is -2.25. The highest BCUT2D eigenvalue weighted by molar-refractivity contribution is 7.02. The zero-order valence-electron chi connectivity index (χ0n) is 36.6. The molecule has 2 heteroatoms. The van der Waals surface area contributed by atoms with Gasteiger partial charge >= 0.3 is 0 Å². The maximum atomic E-state index is 2.60. The summed E-state index contributed by atoms with van der Waals surface area (Å²) in [6.07, 6.45) is 0. The second-order valence-corrected chi connectivity index (χ2v) is 19.4. The molecule has 0 bridgehead atoms. The van der Waals surface area contributed by atoms with Crippen molar-refractivity contribution < 1.29 is 0 Å². The van der Waals surface area contributed by atoms with Crippen LogP contribution >= 0.6 is 0 Å². The summed E-state index contributed by atoms with van der Waals surface area (Å²) in [5.74, 6) is 0.687. The Labute approximate surface area is 374 Å². The fourth-order valence-corrected chi connectivity index (χ4v) is 12.8. The third kappa shape index (κ3) is 4.76. The summed E-state index contributed by atoms with van der Waals surface area (Å²) in [7, 11) is 0. The van der Waals surface area contributed by atoms with Crippen LogP contribution in [-0.2, 0) is 0 Å². The van der Waals surface area contributed by atoms with Crippen LogP contribution in [0.5, 0.6) is 0 Å². The van der Waals surface area contributed by atoms with Gasteiger partial charge in [0.25, 0.3) is 0 Å². The summed E-state index contributed by atoms with van der Waals surface area (Å²) in [5, 5.41) is 18.9. The first-order valence-corrected chi connectivity index (χ1v) is 23.3. The van der Waals surface area contributed by atoms with Gasteiger partial charge in [0.2, 0.25) is 13.4 Å². The van der Waals surface area contributed by atoms with Gasteiger partial charge in [-0.3, -0.25) is 0 Å². The first kappa shape index (κ1) is 36.3. The van der Waals surface area contributed by atoms with Crippen molar-refractivity contribution in [2.24, 2.45) is 0 Å². The van der Waals surface area contributed by atoms with Gasteiger partial charge in [-0.1, -0.05) is 242 Å². The van der Waals surface area contributed by atoms with Crippen LogP contribution in [0, 0.1) is 0 Å². The monoisotopic (exact) mass is 810 g/mol. The molecule has 2 heterocycles. The van der Waals surface area contributed by atoms with Gasteiger partial charge in [-0.2, -0.15) is 0 Å². The molecule has 0 fully saturated rings. The summed E-state index contributed by atoms with van der Waals surface area (Å²) < 4.78 is 0. The standard InChI is InChI=1S/C62H44B2/c1-35(2)49-33-55(63-51-29-21-37-13-5-9-17-41(37)59(51)60-42-18-10-6-14-38(42)22-30-52(60)63)47-28-26-46-50(36(3)4)34-56(48-27-25-45(49)57(47)58(46)48)64-53-31-23-39-15-7-11-19-43(39)61(53)62-44-20-12-8-16-40(44)24-32-54(62)64/h5-36H,1-4H3. The number of fused-ring (bicyclic) bond motifs is 14. The molecule has 0 aliphatic carbocycles. The van der Waals surface area contributed by atoms with E-state index in [1.165, 1.54) is 142 Å². The molecular formula is C62H44B2. The van der Waals surface area contributed by atoms with Crippen molar-refractivity contribution in [3.8, 4) is 22.3 Å². The highest BCUT2D eigenvalue weighted by atomic mass is 14.3. The zero-order valence-corrected chi connectivity index (χ0v) is 36.6. The maximum Gasteiger partial charge on any atom is 0.243 e. The van der Waals surface area contributed by atoms with Gasteiger partial charge in [-0.05, 0) is 121 Å². The molecule has 0 atom stereocenters. The van der Waals surface area contributed by atoms with Gasteiger partial charge in [0.1, 0.15) is 0 Å². The lowest BCUT2D eigenvalue weighted by atomic mass is 9.37. The normalized spacial score (nSPS) is 13.2. The lowest BCUT2D eigenvalue weighted by molar-refractivity contribution is 0.877. The van der Waals surface area contributed by atoms with E-state index in [0.29, 0.717) is 11.8 Å². The topological polar surface area (TPSA) is 0 Å². The van der Waals surface area contributed by atoms with Crippen molar-refractivity contribution in [3.05, 3.63) is 193 Å². The van der Waals surface area contributed by atoms with Gasteiger partial charge in [0.05, 0.1) is 0 Å². The second-order valence-electron chi connectivity index (χ2n) is 19.4. The van der Waals surface area contributed by atoms with Crippen molar-refractivity contribution in [3.63, 3.8) is 0 Å². The minimum Gasteiger partial charge on any atom is -0.0657 e. The van der Waals surface area contributed by atoms with E-state index in [1.807, 2.05) is 0 Å². The van der Waals surface area contributed by atoms with Gasteiger partial charge in [0.15, 0.2) is 0 Å². The van der Waals surface area contributed by atoms with E-state index in [1.54, 1.807) is 0 Å². The molecule has 12 aromatic carbocycles. The summed E-state index contributed by atoms with van der Waals surface area (Å²) in [5.41, 5.74) is 16.9. The largest absolute Gasteiger partial charge is 0.243 e.